The zero-order chi connectivity index (χ0) is 6.85. The van der Waals surface area contributed by atoms with E-state index in [1.54, 1.807) is 12.3 Å². The first kappa shape index (κ1) is 6.68. The first-order valence-corrected chi connectivity index (χ1v) is 3.42. The Kier molecular flexibility index (Phi) is 1.81. The molecule has 0 unspecified atom stereocenters. The molecule has 9 heavy (non-hydrogen) atoms. The lowest BCUT2D eigenvalue weighted by atomic mass is 10.3. The van der Waals surface area contributed by atoms with Gasteiger partial charge in [-0.2, -0.15) is 0 Å². The molecule has 3 heteroatoms. The van der Waals surface area contributed by atoms with Crippen molar-refractivity contribution in [3.05, 3.63) is 21.9 Å². The highest BCUT2D eigenvalue weighted by Crippen LogP contribution is 2.25. The zero-order valence-corrected chi connectivity index (χ0v) is 5.71. The number of halogens is 2. The van der Waals surface area contributed by atoms with E-state index < -0.39 is 6.43 Å². The van der Waals surface area contributed by atoms with Crippen LogP contribution in [0, 0.1) is 6.92 Å². The predicted molar refractivity (Wildman–Crippen MR) is 34.0 cm³/mol. The SMILES string of the molecule is Cc1sccc1C(F)F. The molecular formula is C6H6F2S. The fourth-order valence-corrected chi connectivity index (χ4v) is 1.33. The summed E-state index contributed by atoms with van der Waals surface area (Å²) in [4.78, 5) is 0.713. The second-order valence-corrected chi connectivity index (χ2v) is 2.85. The smallest absolute Gasteiger partial charge is 0.205 e. The molecule has 1 rings (SSSR count). The van der Waals surface area contributed by atoms with Crippen molar-refractivity contribution in [1.82, 2.24) is 0 Å². The molecule has 0 saturated carbocycles. The molecule has 1 aromatic rings. The van der Waals surface area contributed by atoms with Crippen LogP contribution < -0.4 is 0 Å². The Morgan fingerprint density at radius 1 is 1.56 bits per heavy atom. The van der Waals surface area contributed by atoms with Gasteiger partial charge in [-0.05, 0) is 18.4 Å². The van der Waals surface area contributed by atoms with E-state index in [2.05, 4.69) is 0 Å². The zero-order valence-electron chi connectivity index (χ0n) is 4.90. The summed E-state index contributed by atoms with van der Waals surface area (Å²) in [5.41, 5.74) is 0.167. The highest BCUT2D eigenvalue weighted by Gasteiger charge is 2.09. The molecule has 0 fully saturated rings. The molecule has 0 aromatic carbocycles. The summed E-state index contributed by atoms with van der Waals surface area (Å²) in [5, 5.41) is 1.68. The number of rotatable bonds is 1. The molecule has 0 aliphatic heterocycles. The van der Waals surface area contributed by atoms with Gasteiger partial charge in [-0.1, -0.05) is 0 Å². The van der Waals surface area contributed by atoms with Gasteiger partial charge in [-0.15, -0.1) is 11.3 Å². The number of alkyl halides is 2. The molecule has 50 valence electrons. The van der Waals surface area contributed by atoms with Gasteiger partial charge in [0.1, 0.15) is 0 Å². The average Bonchev–Trinajstić information content (AvgIpc) is 2.13. The largest absolute Gasteiger partial charge is 0.264 e. The molecule has 0 nitrogen and oxygen atoms in total. The van der Waals surface area contributed by atoms with Crippen molar-refractivity contribution in [2.45, 2.75) is 13.3 Å². The Balaban J connectivity index is 2.94. The fraction of sp³-hybridized carbons (Fsp3) is 0.333. The van der Waals surface area contributed by atoms with E-state index in [1.807, 2.05) is 0 Å². The van der Waals surface area contributed by atoms with Gasteiger partial charge in [0.2, 0.25) is 0 Å². The van der Waals surface area contributed by atoms with Crippen LogP contribution >= 0.6 is 11.3 Å². The van der Waals surface area contributed by atoms with E-state index in [-0.39, 0.29) is 5.56 Å². The summed E-state index contributed by atoms with van der Waals surface area (Å²) in [6.07, 6.45) is -2.31. The summed E-state index contributed by atoms with van der Waals surface area (Å²) >= 11 is 1.35. The van der Waals surface area contributed by atoms with Gasteiger partial charge >= 0.3 is 0 Å². The summed E-state index contributed by atoms with van der Waals surface area (Å²) in [6, 6.07) is 1.46. The fourth-order valence-electron chi connectivity index (χ4n) is 0.621. The van der Waals surface area contributed by atoms with E-state index in [1.165, 1.54) is 17.4 Å². The highest BCUT2D eigenvalue weighted by atomic mass is 32.1. The third kappa shape index (κ3) is 1.27. The highest BCUT2D eigenvalue weighted by molar-refractivity contribution is 7.10. The minimum Gasteiger partial charge on any atom is -0.205 e. The summed E-state index contributed by atoms with van der Waals surface area (Å²) in [7, 11) is 0. The van der Waals surface area contributed by atoms with Crippen LogP contribution in [0.2, 0.25) is 0 Å². The lowest BCUT2D eigenvalue weighted by Gasteiger charge is -1.93. The Morgan fingerprint density at radius 3 is 2.44 bits per heavy atom. The molecule has 0 N–H and O–H groups in total. The second kappa shape index (κ2) is 2.43. The minimum absolute atomic E-state index is 0.167. The lowest BCUT2D eigenvalue weighted by molar-refractivity contribution is 0.151. The van der Waals surface area contributed by atoms with Gasteiger partial charge in [-0.3, -0.25) is 0 Å². The van der Waals surface area contributed by atoms with Crippen molar-refractivity contribution in [2.75, 3.05) is 0 Å². The van der Waals surface area contributed by atoms with Crippen LogP contribution in [0.25, 0.3) is 0 Å². The molecular weight excluding hydrogens is 142 g/mol. The quantitative estimate of drug-likeness (QED) is 0.574. The molecule has 0 radical (unpaired) electrons. The molecule has 1 heterocycles. The van der Waals surface area contributed by atoms with Crippen molar-refractivity contribution in [1.29, 1.82) is 0 Å². The number of hydrogen-bond acceptors (Lipinski definition) is 1. The maximum atomic E-state index is 11.9. The average molecular weight is 148 g/mol. The Hall–Kier alpha value is -0.440. The first-order chi connectivity index (χ1) is 4.22. The summed E-state index contributed by atoms with van der Waals surface area (Å²) in [6.45, 7) is 1.70. The third-order valence-corrected chi connectivity index (χ3v) is 2.00. The van der Waals surface area contributed by atoms with Crippen LogP contribution in [0.15, 0.2) is 11.4 Å². The van der Waals surface area contributed by atoms with Crippen LogP contribution in [0.3, 0.4) is 0 Å². The van der Waals surface area contributed by atoms with Crippen LogP contribution in [-0.4, -0.2) is 0 Å². The molecule has 0 saturated heterocycles. The van der Waals surface area contributed by atoms with Crippen molar-refractivity contribution in [3.63, 3.8) is 0 Å². The molecule has 0 bridgehead atoms. The first-order valence-electron chi connectivity index (χ1n) is 2.54. The number of hydrogen-bond donors (Lipinski definition) is 0. The monoisotopic (exact) mass is 148 g/mol. The number of aryl methyl sites for hydroxylation is 1. The van der Waals surface area contributed by atoms with Gasteiger partial charge in [0.05, 0.1) is 0 Å². The maximum absolute atomic E-state index is 11.9. The topological polar surface area (TPSA) is 0 Å². The summed E-state index contributed by atoms with van der Waals surface area (Å²) in [5.74, 6) is 0. The van der Waals surface area contributed by atoms with Crippen molar-refractivity contribution >= 4 is 11.3 Å². The minimum atomic E-state index is -2.31. The molecule has 0 aliphatic carbocycles. The van der Waals surface area contributed by atoms with E-state index in [4.69, 9.17) is 0 Å². The van der Waals surface area contributed by atoms with Crippen LogP contribution in [0.1, 0.15) is 16.9 Å². The molecule has 0 aliphatic rings. The Labute approximate surface area is 56.1 Å². The Bertz CT molecular complexity index is 193. The maximum Gasteiger partial charge on any atom is 0.264 e. The van der Waals surface area contributed by atoms with Gasteiger partial charge in [0, 0.05) is 10.4 Å². The predicted octanol–water partition coefficient (Wildman–Crippen LogP) is 2.99. The Morgan fingerprint density at radius 2 is 2.22 bits per heavy atom. The van der Waals surface area contributed by atoms with E-state index in [0.29, 0.717) is 4.88 Å². The normalized spacial score (nSPS) is 10.7. The van der Waals surface area contributed by atoms with Crippen molar-refractivity contribution in [3.8, 4) is 0 Å². The summed E-state index contributed by atoms with van der Waals surface area (Å²) < 4.78 is 23.7. The van der Waals surface area contributed by atoms with E-state index in [0.717, 1.165) is 0 Å². The van der Waals surface area contributed by atoms with Gasteiger partial charge in [0.15, 0.2) is 0 Å². The van der Waals surface area contributed by atoms with Crippen LogP contribution in [0.5, 0.6) is 0 Å². The van der Waals surface area contributed by atoms with Gasteiger partial charge < -0.3 is 0 Å². The molecule has 0 spiro atoms. The third-order valence-electron chi connectivity index (χ3n) is 1.13. The standard InChI is InChI=1S/C6H6F2S/c1-4-5(6(7)8)2-3-9-4/h2-3,6H,1H3. The molecule has 0 atom stereocenters. The van der Waals surface area contributed by atoms with Crippen molar-refractivity contribution < 1.29 is 8.78 Å². The lowest BCUT2D eigenvalue weighted by Crippen LogP contribution is -1.80. The van der Waals surface area contributed by atoms with Gasteiger partial charge in [0.25, 0.3) is 6.43 Å². The van der Waals surface area contributed by atoms with Gasteiger partial charge in [-0.25, -0.2) is 8.78 Å². The molecule has 1 aromatic heterocycles. The second-order valence-electron chi connectivity index (χ2n) is 1.73. The van der Waals surface area contributed by atoms with E-state index in [9.17, 15) is 8.78 Å². The van der Waals surface area contributed by atoms with Crippen LogP contribution in [0.4, 0.5) is 8.78 Å². The van der Waals surface area contributed by atoms with Crippen LogP contribution in [-0.2, 0) is 0 Å². The molecule has 0 amide bonds. The number of thiophene rings is 1. The van der Waals surface area contributed by atoms with Crippen molar-refractivity contribution in [2.24, 2.45) is 0 Å². The van der Waals surface area contributed by atoms with E-state index >= 15 is 0 Å².